The normalized spacial score (nSPS) is 12.8. The van der Waals surface area contributed by atoms with Crippen LogP contribution in [0.4, 0.5) is 5.82 Å². The van der Waals surface area contributed by atoms with Crippen LogP contribution in [0, 0.1) is 0 Å². The fraction of sp³-hybridized carbons (Fsp3) is 0.500. The quantitative estimate of drug-likeness (QED) is 0.722. The summed E-state index contributed by atoms with van der Waals surface area (Å²) in [5.74, 6) is 1.40. The van der Waals surface area contributed by atoms with Gasteiger partial charge in [-0.15, -0.1) is 14.8 Å². The van der Waals surface area contributed by atoms with E-state index >= 15 is 0 Å². The molecule has 2 aromatic heterocycles. The fourth-order valence-corrected chi connectivity index (χ4v) is 1.79. The summed E-state index contributed by atoms with van der Waals surface area (Å²) in [7, 11) is -0.737. The van der Waals surface area contributed by atoms with Crippen molar-refractivity contribution in [3.8, 4) is 0 Å². The summed E-state index contributed by atoms with van der Waals surface area (Å²) >= 11 is 0. The van der Waals surface area contributed by atoms with Gasteiger partial charge in [-0.1, -0.05) is 0 Å². The number of aromatic nitrogens is 5. The number of hydrogen-bond acceptors (Lipinski definition) is 6. The molecule has 2 rings (SSSR count). The van der Waals surface area contributed by atoms with Crippen LogP contribution >= 0.6 is 0 Å². The van der Waals surface area contributed by atoms with Gasteiger partial charge in [0.15, 0.2) is 5.65 Å². The molecule has 86 valence electrons. The number of nitrogens with one attached hydrogen (secondary N) is 1. The van der Waals surface area contributed by atoms with Crippen LogP contribution in [-0.4, -0.2) is 48.0 Å². The number of anilines is 1. The van der Waals surface area contributed by atoms with E-state index in [1.807, 2.05) is 6.07 Å². The Morgan fingerprint density at radius 1 is 1.50 bits per heavy atom. The van der Waals surface area contributed by atoms with Gasteiger partial charge >= 0.3 is 0 Å². The standard InChI is InChI=1S/C8H12N6OS/c1-16(15)6-2-5-9-7-3-4-8-10-12-13-14(8)11-7/h3-4H,2,5-6H2,1H3,(H,9,11). The predicted octanol–water partition coefficient (Wildman–Crippen LogP) is -0.300. The molecule has 0 radical (unpaired) electrons. The Bertz CT molecular complexity index is 498. The van der Waals surface area contributed by atoms with Crippen LogP contribution in [0.25, 0.3) is 5.65 Å². The molecule has 7 nitrogen and oxygen atoms in total. The Labute approximate surface area is 94.7 Å². The first-order valence-corrected chi connectivity index (χ1v) is 6.58. The van der Waals surface area contributed by atoms with E-state index in [2.05, 4.69) is 25.9 Å². The lowest BCUT2D eigenvalue weighted by Gasteiger charge is -2.03. The van der Waals surface area contributed by atoms with Gasteiger partial charge in [0.2, 0.25) is 0 Å². The summed E-state index contributed by atoms with van der Waals surface area (Å²) < 4.78 is 12.2. The first kappa shape index (κ1) is 10.9. The van der Waals surface area contributed by atoms with Crippen molar-refractivity contribution in [2.75, 3.05) is 23.9 Å². The molecule has 1 unspecified atom stereocenters. The van der Waals surface area contributed by atoms with Crippen LogP contribution in [0.1, 0.15) is 6.42 Å². The lowest BCUT2D eigenvalue weighted by atomic mass is 10.4. The zero-order valence-electron chi connectivity index (χ0n) is 8.83. The molecule has 0 bridgehead atoms. The Balaban J connectivity index is 1.91. The number of nitrogens with zero attached hydrogens (tertiary/aromatic N) is 5. The Kier molecular flexibility index (Phi) is 3.40. The molecule has 0 saturated heterocycles. The Morgan fingerprint density at radius 2 is 2.38 bits per heavy atom. The van der Waals surface area contributed by atoms with E-state index in [-0.39, 0.29) is 0 Å². The highest BCUT2D eigenvalue weighted by Gasteiger charge is 1.99. The largest absolute Gasteiger partial charge is 0.369 e. The maximum absolute atomic E-state index is 10.8. The van der Waals surface area contributed by atoms with Crippen molar-refractivity contribution in [3.05, 3.63) is 12.1 Å². The van der Waals surface area contributed by atoms with Gasteiger partial charge < -0.3 is 5.32 Å². The van der Waals surface area contributed by atoms with Crippen molar-refractivity contribution >= 4 is 22.3 Å². The molecule has 0 amide bonds. The van der Waals surface area contributed by atoms with Crippen molar-refractivity contribution in [2.45, 2.75) is 6.42 Å². The fourth-order valence-electron chi connectivity index (χ4n) is 1.24. The van der Waals surface area contributed by atoms with Gasteiger partial charge in [0.05, 0.1) is 0 Å². The van der Waals surface area contributed by atoms with Gasteiger partial charge in [0.1, 0.15) is 5.82 Å². The van der Waals surface area contributed by atoms with Crippen LogP contribution in [0.2, 0.25) is 0 Å². The maximum atomic E-state index is 10.8. The molecule has 8 heteroatoms. The van der Waals surface area contributed by atoms with E-state index in [9.17, 15) is 4.21 Å². The predicted molar refractivity (Wildman–Crippen MR) is 60.6 cm³/mol. The zero-order valence-corrected chi connectivity index (χ0v) is 9.65. The topological polar surface area (TPSA) is 85.1 Å². The molecule has 0 aliphatic carbocycles. The Morgan fingerprint density at radius 3 is 3.19 bits per heavy atom. The van der Waals surface area contributed by atoms with Crippen LogP contribution < -0.4 is 5.32 Å². The minimum atomic E-state index is -0.737. The molecule has 1 N–H and O–H groups in total. The van der Waals surface area contributed by atoms with Crippen molar-refractivity contribution in [3.63, 3.8) is 0 Å². The summed E-state index contributed by atoms with van der Waals surface area (Å²) in [6.07, 6.45) is 2.55. The monoisotopic (exact) mass is 240 g/mol. The SMILES string of the molecule is CS(=O)CCCNc1ccc2nnnn2n1. The number of fused-ring (bicyclic) bond motifs is 1. The number of tetrazole rings is 1. The molecule has 0 saturated carbocycles. The third kappa shape index (κ3) is 2.72. The maximum Gasteiger partial charge on any atom is 0.200 e. The second kappa shape index (κ2) is 4.97. The molecule has 0 aliphatic heterocycles. The van der Waals surface area contributed by atoms with Crippen LogP contribution in [-0.2, 0) is 10.8 Å². The third-order valence-corrected chi connectivity index (χ3v) is 2.85. The first-order valence-electron chi connectivity index (χ1n) is 4.85. The van der Waals surface area contributed by atoms with Crippen molar-refractivity contribution in [1.29, 1.82) is 0 Å². The summed E-state index contributed by atoms with van der Waals surface area (Å²) in [4.78, 5) is 0. The molecule has 0 aromatic carbocycles. The van der Waals surface area contributed by atoms with Gasteiger partial charge in [-0.05, 0) is 29.0 Å². The summed E-state index contributed by atoms with van der Waals surface area (Å²) in [5, 5.41) is 18.2. The van der Waals surface area contributed by atoms with Crippen LogP contribution in [0.5, 0.6) is 0 Å². The van der Waals surface area contributed by atoms with Crippen molar-refractivity contribution < 1.29 is 4.21 Å². The van der Waals surface area contributed by atoms with E-state index < -0.39 is 10.8 Å². The van der Waals surface area contributed by atoms with Crippen LogP contribution in [0.3, 0.4) is 0 Å². The average Bonchev–Trinajstić information content (AvgIpc) is 2.71. The second-order valence-electron chi connectivity index (χ2n) is 3.30. The smallest absolute Gasteiger partial charge is 0.200 e. The van der Waals surface area contributed by atoms with Gasteiger partial charge in [-0.3, -0.25) is 4.21 Å². The highest BCUT2D eigenvalue weighted by atomic mass is 32.2. The molecule has 2 heterocycles. The minimum Gasteiger partial charge on any atom is -0.369 e. The molecule has 16 heavy (non-hydrogen) atoms. The van der Waals surface area contributed by atoms with Crippen molar-refractivity contribution in [2.24, 2.45) is 0 Å². The molecule has 0 fully saturated rings. The summed E-state index contributed by atoms with van der Waals surface area (Å²) in [5.41, 5.74) is 0.611. The lowest BCUT2D eigenvalue weighted by Crippen LogP contribution is -2.08. The van der Waals surface area contributed by atoms with E-state index in [1.54, 1.807) is 12.3 Å². The molecular formula is C8H12N6OS. The molecule has 0 spiro atoms. The molecule has 1 atom stereocenters. The molecular weight excluding hydrogens is 228 g/mol. The minimum absolute atomic E-state index is 0.611. The third-order valence-electron chi connectivity index (χ3n) is 1.98. The van der Waals surface area contributed by atoms with Crippen LogP contribution in [0.15, 0.2) is 12.1 Å². The second-order valence-corrected chi connectivity index (χ2v) is 4.86. The van der Waals surface area contributed by atoms with Gasteiger partial charge in [-0.2, -0.15) is 0 Å². The van der Waals surface area contributed by atoms with E-state index in [4.69, 9.17) is 0 Å². The molecule has 2 aromatic rings. The number of rotatable bonds is 5. The summed E-state index contributed by atoms with van der Waals surface area (Å²) in [6, 6.07) is 3.60. The molecule has 0 aliphatic rings. The lowest BCUT2D eigenvalue weighted by molar-refractivity contribution is 0.684. The highest BCUT2D eigenvalue weighted by molar-refractivity contribution is 7.84. The van der Waals surface area contributed by atoms with Gasteiger partial charge in [0, 0.05) is 29.4 Å². The summed E-state index contributed by atoms with van der Waals surface area (Å²) in [6.45, 7) is 0.736. The van der Waals surface area contributed by atoms with Crippen molar-refractivity contribution in [1.82, 2.24) is 25.3 Å². The number of hydrogen-bond donors (Lipinski definition) is 1. The first-order chi connectivity index (χ1) is 7.75. The van der Waals surface area contributed by atoms with E-state index in [1.165, 1.54) is 4.63 Å². The average molecular weight is 240 g/mol. The zero-order chi connectivity index (χ0) is 11.4. The van der Waals surface area contributed by atoms with Gasteiger partial charge in [0.25, 0.3) is 0 Å². The van der Waals surface area contributed by atoms with E-state index in [0.717, 1.165) is 13.0 Å². The highest BCUT2D eigenvalue weighted by Crippen LogP contribution is 2.02. The van der Waals surface area contributed by atoms with E-state index in [0.29, 0.717) is 17.2 Å². The Hall–Kier alpha value is -1.57. The van der Waals surface area contributed by atoms with Gasteiger partial charge in [-0.25, -0.2) is 0 Å².